The zero-order valence-electron chi connectivity index (χ0n) is 22.1. The summed E-state index contributed by atoms with van der Waals surface area (Å²) < 4.78 is 35.2. The number of amides is 1. The molecule has 1 amide bonds. The lowest BCUT2D eigenvalue weighted by Crippen LogP contribution is -2.45. The van der Waals surface area contributed by atoms with Crippen molar-refractivity contribution in [3.8, 4) is 5.82 Å². The summed E-state index contributed by atoms with van der Waals surface area (Å²) in [7, 11) is 0. The quantitative estimate of drug-likeness (QED) is 0.292. The number of pyridine rings is 1. The van der Waals surface area contributed by atoms with E-state index in [1.807, 2.05) is 16.9 Å². The van der Waals surface area contributed by atoms with Crippen molar-refractivity contribution in [2.75, 3.05) is 18.0 Å². The molecular weight excluding hydrogens is 613 g/mol. The van der Waals surface area contributed by atoms with Crippen LogP contribution in [0.1, 0.15) is 34.9 Å². The third kappa shape index (κ3) is 6.28. The Hall–Kier alpha value is -4.22. The maximum atomic E-state index is 11.4. The minimum Gasteiger partial charge on any atom is -0.475 e. The normalized spacial score (nSPS) is 17.3. The van der Waals surface area contributed by atoms with Crippen LogP contribution in [0, 0.1) is 5.41 Å². The Morgan fingerprint density at radius 1 is 1.07 bits per heavy atom. The number of anilines is 1. The third-order valence-electron chi connectivity index (χ3n) is 7.27. The molecule has 6 rings (SSSR count). The highest BCUT2D eigenvalue weighted by Crippen LogP contribution is 2.47. The topological polar surface area (TPSA) is 184 Å². The van der Waals surface area contributed by atoms with Gasteiger partial charge in [-0.2, -0.15) is 23.4 Å². The lowest BCUT2D eigenvalue weighted by Gasteiger charge is -2.41. The van der Waals surface area contributed by atoms with Crippen LogP contribution in [0.25, 0.3) is 5.82 Å². The van der Waals surface area contributed by atoms with E-state index < -0.39 is 18.1 Å². The minimum absolute atomic E-state index is 0.0196. The fourth-order valence-corrected chi connectivity index (χ4v) is 6.02. The molecule has 0 aromatic carbocycles. The minimum atomic E-state index is -5.08. The number of alkyl halides is 3. The number of nitrogens with zero attached hydrogens (tertiary/aromatic N) is 8. The van der Waals surface area contributed by atoms with Crippen LogP contribution in [0.4, 0.5) is 19.0 Å². The Kier molecular flexibility index (Phi) is 8.31. The van der Waals surface area contributed by atoms with Crippen molar-refractivity contribution in [2.45, 2.75) is 41.5 Å². The molecule has 0 bridgehead atoms. The molecule has 2 aliphatic heterocycles. The molecule has 0 saturated carbocycles. The van der Waals surface area contributed by atoms with Crippen LogP contribution in [-0.2, 0) is 11.3 Å². The summed E-state index contributed by atoms with van der Waals surface area (Å²) in [5.74, 6) is -2.09. The molecule has 6 heterocycles. The second-order valence-corrected chi connectivity index (χ2v) is 11.3. The van der Waals surface area contributed by atoms with Crippen LogP contribution in [0.2, 0.25) is 5.02 Å². The molecule has 4 aromatic rings. The van der Waals surface area contributed by atoms with E-state index in [-0.39, 0.29) is 17.0 Å². The average molecular weight is 637 g/mol. The number of hydrogen-bond acceptors (Lipinski definition) is 10. The smallest absolute Gasteiger partial charge is 0.475 e. The molecular formula is C25H24ClF3N10O3S. The van der Waals surface area contributed by atoms with E-state index in [1.54, 1.807) is 24.7 Å². The lowest BCUT2D eigenvalue weighted by atomic mass is 9.73. The zero-order valence-corrected chi connectivity index (χ0v) is 23.7. The largest absolute Gasteiger partial charge is 0.490 e. The van der Waals surface area contributed by atoms with Crippen molar-refractivity contribution in [1.29, 1.82) is 0 Å². The van der Waals surface area contributed by atoms with Gasteiger partial charge in [-0.3, -0.25) is 9.48 Å². The predicted molar refractivity (Wildman–Crippen MR) is 148 cm³/mol. The number of carboxylic acid groups (broad SMARTS) is 1. The molecule has 226 valence electrons. The average Bonchev–Trinajstić information content (AvgIpc) is 3.69. The molecule has 1 atom stereocenters. The van der Waals surface area contributed by atoms with E-state index in [0.717, 1.165) is 48.9 Å². The van der Waals surface area contributed by atoms with Gasteiger partial charge in [0.05, 0.1) is 40.9 Å². The number of carbonyl (C=O) groups is 2. The Morgan fingerprint density at radius 2 is 1.79 bits per heavy atom. The van der Waals surface area contributed by atoms with Gasteiger partial charge in [-0.05, 0) is 25.0 Å². The van der Waals surface area contributed by atoms with E-state index in [9.17, 15) is 18.0 Å². The monoisotopic (exact) mass is 636 g/mol. The van der Waals surface area contributed by atoms with E-state index in [1.165, 1.54) is 28.8 Å². The van der Waals surface area contributed by atoms with Gasteiger partial charge in [0.1, 0.15) is 10.8 Å². The van der Waals surface area contributed by atoms with Gasteiger partial charge in [0, 0.05) is 48.5 Å². The van der Waals surface area contributed by atoms with Gasteiger partial charge in [-0.1, -0.05) is 23.4 Å². The van der Waals surface area contributed by atoms with Crippen LogP contribution in [-0.4, -0.2) is 70.8 Å². The highest BCUT2D eigenvalue weighted by Gasteiger charge is 2.47. The van der Waals surface area contributed by atoms with Gasteiger partial charge in [0.15, 0.2) is 5.82 Å². The molecule has 1 spiro atoms. The van der Waals surface area contributed by atoms with E-state index >= 15 is 0 Å². The molecule has 5 N–H and O–H groups in total. The van der Waals surface area contributed by atoms with Crippen LogP contribution in [0.3, 0.4) is 0 Å². The van der Waals surface area contributed by atoms with Crippen molar-refractivity contribution >= 4 is 41.1 Å². The van der Waals surface area contributed by atoms with Gasteiger partial charge in [-0.15, -0.1) is 0 Å². The molecule has 18 heteroatoms. The van der Waals surface area contributed by atoms with Gasteiger partial charge >= 0.3 is 12.1 Å². The summed E-state index contributed by atoms with van der Waals surface area (Å²) >= 11 is 7.98. The first kappa shape index (κ1) is 30.2. The highest BCUT2D eigenvalue weighted by molar-refractivity contribution is 7.99. The van der Waals surface area contributed by atoms with Crippen LogP contribution in [0.5, 0.6) is 0 Å². The molecule has 1 fully saturated rings. The van der Waals surface area contributed by atoms with Gasteiger partial charge in [0.25, 0.3) is 5.91 Å². The number of primary amides is 1. The standard InChI is InChI=1S/C23H23ClN10OS.C2HF3O2/c24-19-16(2-5-27-22(19)33-12-14(9-31-33)21(26)35)36-18-11-28-17(10-29-18)32-7-3-23(4-8-32)13-34-15(20(23)25)1-6-30-34;3-2(4,5)1(6)7/h1-2,5-6,9-12,20H,3-4,7-8,13,25H2,(H2,26,35);(H,6,7)/t20-;/m1./s1. The Morgan fingerprint density at radius 3 is 2.37 bits per heavy atom. The van der Waals surface area contributed by atoms with Crippen LogP contribution < -0.4 is 16.4 Å². The summed E-state index contributed by atoms with van der Waals surface area (Å²) in [6.07, 6.45) is 6.74. The first-order chi connectivity index (χ1) is 20.4. The summed E-state index contributed by atoms with van der Waals surface area (Å²) in [6.45, 7) is 2.62. The van der Waals surface area contributed by atoms with Gasteiger partial charge in [-0.25, -0.2) is 24.4 Å². The number of rotatable bonds is 5. The van der Waals surface area contributed by atoms with Crippen molar-refractivity contribution in [3.05, 3.63) is 65.6 Å². The maximum Gasteiger partial charge on any atom is 0.490 e. The molecule has 1 saturated heterocycles. The number of piperidine rings is 1. The molecule has 2 aliphatic rings. The number of carbonyl (C=O) groups excluding carboxylic acids is 1. The number of carboxylic acids is 1. The second kappa shape index (κ2) is 11.8. The number of aromatic nitrogens is 7. The van der Waals surface area contributed by atoms with E-state index in [2.05, 4.69) is 30.0 Å². The Balaban J connectivity index is 0.000000472. The van der Waals surface area contributed by atoms with Crippen molar-refractivity contribution < 1.29 is 27.9 Å². The van der Waals surface area contributed by atoms with Crippen LogP contribution in [0.15, 0.2) is 59.2 Å². The second-order valence-electron chi connectivity index (χ2n) is 9.84. The van der Waals surface area contributed by atoms with Gasteiger partial charge < -0.3 is 21.5 Å². The lowest BCUT2D eigenvalue weighted by molar-refractivity contribution is -0.192. The number of hydrogen-bond donors (Lipinski definition) is 3. The summed E-state index contributed by atoms with van der Waals surface area (Å²) in [5, 5.41) is 16.8. The first-order valence-electron chi connectivity index (χ1n) is 12.7. The van der Waals surface area contributed by atoms with Crippen molar-refractivity contribution in [2.24, 2.45) is 16.9 Å². The molecule has 13 nitrogen and oxygen atoms in total. The van der Waals surface area contributed by atoms with Crippen molar-refractivity contribution in [1.82, 2.24) is 34.5 Å². The first-order valence-corrected chi connectivity index (χ1v) is 13.9. The Labute approximate surface area is 251 Å². The fraction of sp³-hybridized carbons (Fsp3) is 0.320. The predicted octanol–water partition coefficient (Wildman–Crippen LogP) is 3.09. The third-order valence-corrected chi connectivity index (χ3v) is 8.73. The fourth-order valence-electron chi connectivity index (χ4n) is 4.96. The number of fused-ring (bicyclic) bond motifs is 1. The van der Waals surface area contributed by atoms with E-state index in [0.29, 0.717) is 15.9 Å². The number of nitrogens with two attached hydrogens (primary N) is 2. The van der Waals surface area contributed by atoms with Gasteiger partial charge in [0.2, 0.25) is 0 Å². The number of aliphatic carboxylic acids is 1. The molecule has 0 aliphatic carbocycles. The molecule has 43 heavy (non-hydrogen) atoms. The number of halogens is 4. The molecule has 0 radical (unpaired) electrons. The van der Waals surface area contributed by atoms with Crippen molar-refractivity contribution in [3.63, 3.8) is 0 Å². The maximum absolute atomic E-state index is 11.4. The van der Waals surface area contributed by atoms with E-state index in [4.69, 9.17) is 33.0 Å². The SMILES string of the molecule is NC(=O)c1cnn(-c2nccc(Sc3cnc(N4CCC5(CC4)Cn4nccc4[C@H]5N)cn3)c2Cl)c1.O=C(O)C(F)(F)F. The highest BCUT2D eigenvalue weighted by atomic mass is 35.5. The molecule has 0 unspecified atom stereocenters. The van der Waals surface area contributed by atoms with Crippen LogP contribution >= 0.6 is 23.4 Å². The zero-order chi connectivity index (χ0) is 30.9. The summed E-state index contributed by atoms with van der Waals surface area (Å²) in [4.78, 5) is 36.8. The summed E-state index contributed by atoms with van der Waals surface area (Å²) in [5.41, 5.74) is 13.4. The Bertz CT molecular complexity index is 1640. The summed E-state index contributed by atoms with van der Waals surface area (Å²) in [6, 6.07) is 3.84. The molecule has 4 aromatic heterocycles.